The van der Waals surface area contributed by atoms with Gasteiger partial charge in [0.1, 0.15) is 11.8 Å². The van der Waals surface area contributed by atoms with Crippen LogP contribution in [0.2, 0.25) is 0 Å². The minimum atomic E-state index is -0.673. The van der Waals surface area contributed by atoms with Crippen LogP contribution in [0, 0.1) is 5.92 Å². The van der Waals surface area contributed by atoms with Gasteiger partial charge in [0.15, 0.2) is 0 Å². The monoisotopic (exact) mass is 436 g/mol. The van der Waals surface area contributed by atoms with E-state index in [1.807, 2.05) is 51.1 Å². The van der Waals surface area contributed by atoms with Gasteiger partial charge in [0, 0.05) is 6.54 Å². The van der Waals surface area contributed by atoms with Crippen molar-refractivity contribution in [3.8, 4) is 0 Å². The van der Waals surface area contributed by atoms with E-state index >= 15 is 0 Å². The van der Waals surface area contributed by atoms with Gasteiger partial charge in [-0.2, -0.15) is 0 Å². The van der Waals surface area contributed by atoms with Crippen LogP contribution in [0.15, 0.2) is 64.4 Å². The summed E-state index contributed by atoms with van der Waals surface area (Å²) in [5.74, 6) is 0.0512. The first kappa shape index (κ1) is 21.7. The number of carbonyl (C=O) groups is 3. The van der Waals surface area contributed by atoms with Crippen LogP contribution in [-0.4, -0.2) is 46.8 Å². The highest BCUT2D eigenvalue weighted by Gasteiger charge is 2.47. The number of hydrogen-bond donors (Lipinski definition) is 2. The Kier molecular flexibility index (Phi) is 6.03. The highest BCUT2D eigenvalue weighted by atomic mass is 16.3. The van der Waals surface area contributed by atoms with Crippen molar-refractivity contribution in [3.05, 3.63) is 71.3 Å². The van der Waals surface area contributed by atoms with Gasteiger partial charge in [-0.1, -0.05) is 44.2 Å². The maximum Gasteiger partial charge on any atom is 0.322 e. The number of urea groups is 1. The highest BCUT2D eigenvalue weighted by molar-refractivity contribution is 6.03. The number of nitrogens with zero attached hydrogens (tertiary/aromatic N) is 2. The van der Waals surface area contributed by atoms with E-state index in [1.165, 1.54) is 0 Å². The average Bonchev–Trinajstić information content (AvgIpc) is 3.41. The van der Waals surface area contributed by atoms with E-state index in [0.29, 0.717) is 23.6 Å². The molecule has 32 heavy (non-hydrogen) atoms. The normalized spacial score (nSPS) is 19.3. The minimum absolute atomic E-state index is 0.120. The van der Waals surface area contributed by atoms with E-state index in [9.17, 15) is 14.4 Å². The van der Waals surface area contributed by atoms with Crippen molar-refractivity contribution >= 4 is 17.8 Å². The van der Waals surface area contributed by atoms with Crippen LogP contribution in [-0.2, 0) is 16.1 Å². The van der Waals surface area contributed by atoms with Gasteiger partial charge >= 0.3 is 6.03 Å². The summed E-state index contributed by atoms with van der Waals surface area (Å²) in [7, 11) is 0. The Hall–Kier alpha value is -3.55. The van der Waals surface area contributed by atoms with Crippen LogP contribution >= 0.6 is 0 Å². The van der Waals surface area contributed by atoms with Crippen LogP contribution in [0.3, 0.4) is 0 Å². The smallest absolute Gasteiger partial charge is 0.322 e. The SMILES string of the molecule is CCN1C(=O)NC(c2ccccc2)C2=C1CN(C(C(=O)NCc1ccco1)C(C)C)C2=O. The summed E-state index contributed by atoms with van der Waals surface area (Å²) < 4.78 is 5.30. The summed E-state index contributed by atoms with van der Waals surface area (Å²) in [6, 6.07) is 11.5. The molecular weight excluding hydrogens is 408 g/mol. The zero-order valence-electron chi connectivity index (χ0n) is 18.5. The maximum atomic E-state index is 13.7. The van der Waals surface area contributed by atoms with Crippen molar-refractivity contribution in [2.45, 2.75) is 39.4 Å². The number of likely N-dealkylation sites (N-methyl/N-ethyl adjacent to an activating group) is 1. The van der Waals surface area contributed by atoms with Crippen LogP contribution < -0.4 is 10.6 Å². The molecule has 0 bridgehead atoms. The summed E-state index contributed by atoms with van der Waals surface area (Å²) in [5, 5.41) is 5.85. The van der Waals surface area contributed by atoms with Gasteiger partial charge in [-0.05, 0) is 30.5 Å². The minimum Gasteiger partial charge on any atom is -0.467 e. The third-order valence-electron chi connectivity index (χ3n) is 5.95. The topological polar surface area (TPSA) is 94.9 Å². The highest BCUT2D eigenvalue weighted by Crippen LogP contribution is 2.37. The quantitative estimate of drug-likeness (QED) is 0.698. The molecule has 4 rings (SSSR count). The molecule has 2 N–H and O–H groups in total. The zero-order valence-corrected chi connectivity index (χ0v) is 18.5. The number of rotatable bonds is 7. The summed E-state index contributed by atoms with van der Waals surface area (Å²) >= 11 is 0. The molecule has 0 aliphatic carbocycles. The molecule has 2 aliphatic rings. The van der Waals surface area contributed by atoms with Gasteiger partial charge in [-0.25, -0.2) is 4.79 Å². The molecule has 2 unspecified atom stereocenters. The molecule has 2 atom stereocenters. The Bertz CT molecular complexity index is 1030. The molecule has 4 amide bonds. The molecule has 168 valence electrons. The summed E-state index contributed by atoms with van der Waals surface area (Å²) in [5.41, 5.74) is 2.03. The van der Waals surface area contributed by atoms with Crippen LogP contribution in [0.25, 0.3) is 0 Å². The molecule has 0 saturated carbocycles. The Morgan fingerprint density at radius 2 is 1.94 bits per heavy atom. The lowest BCUT2D eigenvalue weighted by molar-refractivity contribution is -0.138. The number of carbonyl (C=O) groups excluding carboxylic acids is 3. The third-order valence-corrected chi connectivity index (χ3v) is 5.95. The summed E-state index contributed by atoms with van der Waals surface area (Å²) in [4.78, 5) is 42.8. The van der Waals surface area contributed by atoms with E-state index in [1.54, 1.807) is 28.2 Å². The second-order valence-electron chi connectivity index (χ2n) is 8.32. The second-order valence-corrected chi connectivity index (χ2v) is 8.32. The van der Waals surface area contributed by atoms with Crippen molar-refractivity contribution in [1.29, 1.82) is 0 Å². The van der Waals surface area contributed by atoms with Crippen molar-refractivity contribution < 1.29 is 18.8 Å². The van der Waals surface area contributed by atoms with Gasteiger partial charge in [-0.3, -0.25) is 14.5 Å². The Labute approximate surface area is 187 Å². The third kappa shape index (κ3) is 3.88. The van der Waals surface area contributed by atoms with Crippen molar-refractivity contribution in [1.82, 2.24) is 20.4 Å². The molecular formula is C24H28N4O4. The standard InChI is InChI=1S/C24H28N4O4/c1-4-27-18-14-28(21(15(2)3)22(29)25-13-17-11-8-12-32-17)23(30)19(18)20(26-24(27)31)16-9-6-5-7-10-16/h5-12,15,20-21H,4,13-14H2,1-3H3,(H,25,29)(H,26,31). The first-order chi connectivity index (χ1) is 15.4. The summed E-state index contributed by atoms with van der Waals surface area (Å²) in [6.45, 7) is 6.60. The molecule has 0 fully saturated rings. The first-order valence-corrected chi connectivity index (χ1v) is 10.9. The molecule has 8 nitrogen and oxygen atoms in total. The van der Waals surface area contributed by atoms with Gasteiger partial charge < -0.3 is 20.0 Å². The molecule has 3 heterocycles. The largest absolute Gasteiger partial charge is 0.467 e. The van der Waals surface area contributed by atoms with Crippen LogP contribution in [0.4, 0.5) is 4.79 Å². The number of amides is 4. The van der Waals surface area contributed by atoms with Crippen molar-refractivity contribution in [2.75, 3.05) is 13.1 Å². The predicted molar refractivity (Wildman–Crippen MR) is 118 cm³/mol. The number of benzene rings is 1. The Morgan fingerprint density at radius 1 is 1.19 bits per heavy atom. The number of nitrogens with one attached hydrogen (secondary N) is 2. The lowest BCUT2D eigenvalue weighted by Gasteiger charge is -2.32. The van der Waals surface area contributed by atoms with Crippen LogP contribution in [0.1, 0.15) is 38.1 Å². The number of hydrogen-bond acceptors (Lipinski definition) is 4. The lowest BCUT2D eigenvalue weighted by Crippen LogP contribution is -2.51. The van der Waals surface area contributed by atoms with Gasteiger partial charge in [0.2, 0.25) is 5.91 Å². The first-order valence-electron chi connectivity index (χ1n) is 10.9. The molecule has 2 aromatic rings. The zero-order chi connectivity index (χ0) is 22.8. The molecule has 1 aromatic heterocycles. The molecule has 8 heteroatoms. The fraction of sp³-hybridized carbons (Fsp3) is 0.375. The average molecular weight is 437 g/mol. The van der Waals surface area contributed by atoms with E-state index in [2.05, 4.69) is 10.6 Å². The lowest BCUT2D eigenvalue weighted by atomic mass is 9.95. The van der Waals surface area contributed by atoms with E-state index in [-0.39, 0.29) is 36.9 Å². The Morgan fingerprint density at radius 3 is 2.56 bits per heavy atom. The second kappa shape index (κ2) is 8.90. The Balaban J connectivity index is 1.63. The van der Waals surface area contributed by atoms with Gasteiger partial charge in [0.25, 0.3) is 5.91 Å². The van der Waals surface area contributed by atoms with E-state index in [0.717, 1.165) is 5.56 Å². The van der Waals surface area contributed by atoms with Gasteiger partial charge in [0.05, 0.1) is 36.7 Å². The molecule has 0 radical (unpaired) electrons. The van der Waals surface area contributed by atoms with Crippen molar-refractivity contribution in [3.63, 3.8) is 0 Å². The maximum absolute atomic E-state index is 13.7. The fourth-order valence-electron chi connectivity index (χ4n) is 4.46. The molecule has 1 aromatic carbocycles. The number of furan rings is 1. The van der Waals surface area contributed by atoms with Crippen molar-refractivity contribution in [2.24, 2.45) is 5.92 Å². The van der Waals surface area contributed by atoms with Crippen LogP contribution in [0.5, 0.6) is 0 Å². The molecule has 2 aliphatic heterocycles. The van der Waals surface area contributed by atoms with Gasteiger partial charge in [-0.15, -0.1) is 0 Å². The van der Waals surface area contributed by atoms with E-state index in [4.69, 9.17) is 4.42 Å². The predicted octanol–water partition coefficient (Wildman–Crippen LogP) is 2.80. The fourth-order valence-corrected chi connectivity index (χ4v) is 4.46. The van der Waals surface area contributed by atoms with E-state index < -0.39 is 12.1 Å². The molecule has 0 spiro atoms. The summed E-state index contributed by atoms with van der Waals surface area (Å²) in [6.07, 6.45) is 1.55. The molecule has 0 saturated heterocycles.